The van der Waals surface area contributed by atoms with Crippen LogP contribution in [-0.4, -0.2) is 33.0 Å². The smallest absolute Gasteiger partial charge is 0.231 e. The van der Waals surface area contributed by atoms with Gasteiger partial charge in [-0.25, -0.2) is 0 Å². The molecule has 0 fully saturated rings. The van der Waals surface area contributed by atoms with Crippen LogP contribution in [0.15, 0.2) is 24.3 Å². The second-order valence-corrected chi connectivity index (χ2v) is 6.92. The second kappa shape index (κ2) is 5.30. The number of ether oxygens (including phenoxy) is 4. The fourth-order valence-corrected chi connectivity index (χ4v) is 4.49. The van der Waals surface area contributed by atoms with Crippen LogP contribution in [0, 0.1) is 0 Å². The zero-order valence-corrected chi connectivity index (χ0v) is 14.7. The van der Waals surface area contributed by atoms with Gasteiger partial charge in [0.2, 0.25) is 6.79 Å². The van der Waals surface area contributed by atoms with E-state index in [1.54, 1.807) is 14.2 Å². The van der Waals surface area contributed by atoms with E-state index in [2.05, 4.69) is 36.2 Å². The summed E-state index contributed by atoms with van der Waals surface area (Å²) < 4.78 is 22.2. The van der Waals surface area contributed by atoms with Gasteiger partial charge in [-0.1, -0.05) is 0 Å². The fraction of sp³-hybridized carbons (Fsp3) is 0.400. The Hall–Kier alpha value is -2.40. The van der Waals surface area contributed by atoms with E-state index in [1.807, 2.05) is 0 Å². The molecule has 3 heterocycles. The van der Waals surface area contributed by atoms with E-state index in [0.29, 0.717) is 18.9 Å². The van der Waals surface area contributed by atoms with Crippen molar-refractivity contribution in [2.45, 2.75) is 24.9 Å². The van der Waals surface area contributed by atoms with Crippen LogP contribution in [0.4, 0.5) is 0 Å². The third-order valence-corrected chi connectivity index (χ3v) is 5.81. The van der Waals surface area contributed by atoms with Crippen molar-refractivity contribution in [3.63, 3.8) is 0 Å². The molecule has 0 saturated heterocycles. The Kier molecular flexibility index (Phi) is 3.16. The molecule has 0 aromatic heterocycles. The Balaban J connectivity index is 1.64. The van der Waals surface area contributed by atoms with Gasteiger partial charge in [-0.15, -0.1) is 0 Å². The van der Waals surface area contributed by atoms with E-state index in [4.69, 9.17) is 18.9 Å². The summed E-state index contributed by atoms with van der Waals surface area (Å²) in [6, 6.07) is 9.29. The van der Waals surface area contributed by atoms with Crippen LogP contribution in [0.2, 0.25) is 0 Å². The van der Waals surface area contributed by atoms with Crippen LogP contribution in [0.1, 0.15) is 34.3 Å². The van der Waals surface area contributed by atoms with E-state index in [-0.39, 0.29) is 0 Å². The summed E-state index contributed by atoms with van der Waals surface area (Å²) in [5, 5.41) is 0. The maximum atomic E-state index is 5.60. The summed E-state index contributed by atoms with van der Waals surface area (Å²) in [5.41, 5.74) is 5.38. The van der Waals surface area contributed by atoms with E-state index >= 15 is 0 Å². The molecular weight excluding hydrogens is 318 g/mol. The number of methoxy groups -OCH3 is 2. The van der Waals surface area contributed by atoms with E-state index < -0.39 is 0 Å². The summed E-state index contributed by atoms with van der Waals surface area (Å²) in [6.45, 7) is 0.316. The van der Waals surface area contributed by atoms with Gasteiger partial charge in [-0.2, -0.15) is 0 Å². The molecule has 2 aromatic carbocycles. The highest BCUT2D eigenvalue weighted by atomic mass is 16.7. The van der Waals surface area contributed by atoms with Crippen molar-refractivity contribution in [3.05, 3.63) is 46.5 Å². The summed E-state index contributed by atoms with van der Waals surface area (Å²) >= 11 is 0. The summed E-state index contributed by atoms with van der Waals surface area (Å²) in [6.07, 6.45) is 1.91. The molecule has 2 atom stereocenters. The number of hydrogen-bond acceptors (Lipinski definition) is 5. The zero-order valence-electron chi connectivity index (χ0n) is 14.7. The molecule has 1 unspecified atom stereocenters. The molecule has 2 aromatic rings. The van der Waals surface area contributed by atoms with E-state index in [1.165, 1.54) is 22.3 Å². The molecule has 0 radical (unpaired) electrons. The van der Waals surface area contributed by atoms with Gasteiger partial charge in [0.05, 0.1) is 14.2 Å². The SMILES string of the molecule is COc1cc2c(cc1OC)C1Cc3cc4c(cc3[C@H](C2)N1C)OCO4. The quantitative estimate of drug-likeness (QED) is 0.840. The predicted molar refractivity (Wildman–Crippen MR) is 92.8 cm³/mol. The molecular formula is C20H21NO4. The highest BCUT2D eigenvalue weighted by Gasteiger charge is 2.39. The summed E-state index contributed by atoms with van der Waals surface area (Å²) in [5.74, 6) is 3.33. The Morgan fingerprint density at radius 2 is 1.40 bits per heavy atom. The van der Waals surface area contributed by atoms with Crippen molar-refractivity contribution in [2.24, 2.45) is 0 Å². The van der Waals surface area contributed by atoms with Gasteiger partial charge in [-0.3, -0.25) is 4.90 Å². The van der Waals surface area contributed by atoms with Crippen molar-refractivity contribution < 1.29 is 18.9 Å². The van der Waals surface area contributed by atoms with Crippen molar-refractivity contribution >= 4 is 0 Å². The predicted octanol–water partition coefficient (Wildman–Crippen LogP) is 3.26. The molecule has 2 bridgehead atoms. The first kappa shape index (κ1) is 14.9. The number of hydrogen-bond donors (Lipinski definition) is 0. The third-order valence-electron chi connectivity index (χ3n) is 5.81. The number of fused-ring (bicyclic) bond motifs is 7. The van der Waals surface area contributed by atoms with Crippen LogP contribution in [-0.2, 0) is 12.8 Å². The largest absolute Gasteiger partial charge is 0.493 e. The first-order valence-corrected chi connectivity index (χ1v) is 8.58. The van der Waals surface area contributed by atoms with Gasteiger partial charge in [-0.05, 0) is 66.4 Å². The van der Waals surface area contributed by atoms with Gasteiger partial charge < -0.3 is 18.9 Å². The lowest BCUT2D eigenvalue weighted by Crippen LogP contribution is -2.40. The lowest BCUT2D eigenvalue weighted by Gasteiger charge is -2.46. The average Bonchev–Trinajstić information content (AvgIpc) is 3.08. The first-order chi connectivity index (χ1) is 12.2. The number of nitrogens with zero attached hydrogens (tertiary/aromatic N) is 1. The van der Waals surface area contributed by atoms with Crippen molar-refractivity contribution in [2.75, 3.05) is 28.1 Å². The monoisotopic (exact) mass is 339 g/mol. The van der Waals surface area contributed by atoms with Gasteiger partial charge in [0, 0.05) is 12.1 Å². The average molecular weight is 339 g/mol. The van der Waals surface area contributed by atoms with Crippen LogP contribution >= 0.6 is 0 Å². The van der Waals surface area contributed by atoms with E-state index in [9.17, 15) is 0 Å². The fourth-order valence-electron chi connectivity index (χ4n) is 4.49. The molecule has 3 aliphatic heterocycles. The minimum Gasteiger partial charge on any atom is -0.493 e. The molecule has 0 amide bonds. The first-order valence-electron chi connectivity index (χ1n) is 8.58. The number of likely N-dealkylation sites (N-methyl/N-ethyl adjacent to an activating group) is 1. The van der Waals surface area contributed by atoms with Crippen LogP contribution in [0.3, 0.4) is 0 Å². The van der Waals surface area contributed by atoms with Crippen molar-refractivity contribution in [1.29, 1.82) is 0 Å². The second-order valence-electron chi connectivity index (χ2n) is 6.92. The molecule has 5 nitrogen and oxygen atoms in total. The van der Waals surface area contributed by atoms with Crippen LogP contribution in [0.25, 0.3) is 0 Å². The molecule has 130 valence electrons. The maximum Gasteiger partial charge on any atom is 0.231 e. The Morgan fingerprint density at radius 3 is 2.08 bits per heavy atom. The lowest BCUT2D eigenvalue weighted by atomic mass is 9.76. The summed E-state index contributed by atoms with van der Waals surface area (Å²) in [7, 11) is 5.59. The highest BCUT2D eigenvalue weighted by Crippen LogP contribution is 2.50. The Morgan fingerprint density at radius 1 is 0.840 bits per heavy atom. The molecule has 25 heavy (non-hydrogen) atoms. The molecule has 0 aliphatic carbocycles. The third kappa shape index (κ3) is 2.05. The maximum absolute atomic E-state index is 5.60. The normalized spacial score (nSPS) is 23.0. The number of rotatable bonds is 2. The minimum absolute atomic E-state index is 0.316. The van der Waals surface area contributed by atoms with Gasteiger partial charge in [0.25, 0.3) is 0 Å². The highest BCUT2D eigenvalue weighted by molar-refractivity contribution is 5.55. The van der Waals surface area contributed by atoms with Crippen molar-refractivity contribution in [1.82, 2.24) is 4.90 Å². The number of benzene rings is 2. The molecule has 0 spiro atoms. The minimum atomic E-state index is 0.316. The topological polar surface area (TPSA) is 40.2 Å². The van der Waals surface area contributed by atoms with E-state index in [0.717, 1.165) is 35.8 Å². The Bertz CT molecular complexity index is 863. The van der Waals surface area contributed by atoms with Gasteiger partial charge in [0.15, 0.2) is 23.0 Å². The molecule has 5 rings (SSSR count). The van der Waals surface area contributed by atoms with Gasteiger partial charge >= 0.3 is 0 Å². The van der Waals surface area contributed by atoms with Crippen LogP contribution < -0.4 is 18.9 Å². The zero-order chi connectivity index (χ0) is 17.1. The molecule has 5 heteroatoms. The lowest BCUT2D eigenvalue weighted by molar-refractivity contribution is 0.137. The Labute approximate surface area is 147 Å². The molecule has 0 N–H and O–H groups in total. The molecule has 0 saturated carbocycles. The van der Waals surface area contributed by atoms with Crippen LogP contribution in [0.5, 0.6) is 23.0 Å². The standard InChI is InChI=1S/C20H21NO4/c1-21-15-5-12-7-19-20(25-10-24-19)9-14(12)16(21)4-11-6-17(22-2)18(23-3)8-13(11)15/h6-9,15-16H,4-5,10H2,1-3H3/t15?,16-/m0/s1. The van der Waals surface area contributed by atoms with Gasteiger partial charge in [0.1, 0.15) is 0 Å². The summed E-state index contributed by atoms with van der Waals surface area (Å²) in [4.78, 5) is 2.47. The van der Waals surface area contributed by atoms with Crippen molar-refractivity contribution in [3.8, 4) is 23.0 Å². The molecule has 3 aliphatic rings.